The summed E-state index contributed by atoms with van der Waals surface area (Å²) in [4.78, 5) is 23.5. The number of aryl methyl sites for hydroxylation is 1. The van der Waals surface area contributed by atoms with Gasteiger partial charge in [0.05, 0.1) is 4.90 Å². The Morgan fingerprint density at radius 2 is 1.92 bits per heavy atom. The lowest BCUT2D eigenvalue weighted by atomic mass is 10.1. The van der Waals surface area contributed by atoms with Gasteiger partial charge in [0.2, 0.25) is 5.91 Å². The van der Waals surface area contributed by atoms with E-state index in [2.05, 4.69) is 5.32 Å². The highest BCUT2D eigenvalue weighted by atomic mass is 32.2. The molecule has 130 valence electrons. The zero-order valence-corrected chi connectivity index (χ0v) is 14.3. The summed E-state index contributed by atoms with van der Waals surface area (Å²) < 4.78 is 26.9. The SMILES string of the molecule is Cc1ccc(S(=O)(=O)NC(=O)c2ccc3c(c2)NCC3)cc1C(N)=O. The maximum Gasteiger partial charge on any atom is 0.265 e. The van der Waals surface area contributed by atoms with Gasteiger partial charge in [0.25, 0.3) is 15.9 Å². The van der Waals surface area contributed by atoms with Crippen LogP contribution in [0.3, 0.4) is 0 Å². The van der Waals surface area contributed by atoms with Crippen LogP contribution >= 0.6 is 0 Å². The number of primary amides is 1. The Morgan fingerprint density at radius 3 is 2.64 bits per heavy atom. The topological polar surface area (TPSA) is 118 Å². The van der Waals surface area contributed by atoms with Crippen molar-refractivity contribution in [2.45, 2.75) is 18.2 Å². The molecule has 0 unspecified atom stereocenters. The zero-order chi connectivity index (χ0) is 18.2. The number of rotatable bonds is 4. The number of sulfonamides is 1. The lowest BCUT2D eigenvalue weighted by Gasteiger charge is -2.10. The molecule has 0 bridgehead atoms. The van der Waals surface area contributed by atoms with E-state index in [4.69, 9.17) is 5.73 Å². The van der Waals surface area contributed by atoms with Crippen molar-refractivity contribution in [1.82, 2.24) is 4.72 Å². The van der Waals surface area contributed by atoms with E-state index in [0.29, 0.717) is 5.56 Å². The normalized spacial score (nSPS) is 13.0. The van der Waals surface area contributed by atoms with E-state index < -0.39 is 21.8 Å². The highest BCUT2D eigenvalue weighted by Crippen LogP contribution is 2.23. The summed E-state index contributed by atoms with van der Waals surface area (Å²) in [7, 11) is -4.12. The highest BCUT2D eigenvalue weighted by molar-refractivity contribution is 7.90. The summed E-state index contributed by atoms with van der Waals surface area (Å²) in [5.74, 6) is -1.47. The van der Waals surface area contributed by atoms with Gasteiger partial charge in [0.15, 0.2) is 0 Å². The number of carbonyl (C=O) groups excluding carboxylic acids is 2. The predicted molar refractivity (Wildman–Crippen MR) is 93.0 cm³/mol. The number of hydrogen-bond acceptors (Lipinski definition) is 5. The number of hydrogen-bond donors (Lipinski definition) is 3. The average molecular weight is 359 g/mol. The lowest BCUT2D eigenvalue weighted by Crippen LogP contribution is -2.31. The van der Waals surface area contributed by atoms with Gasteiger partial charge in [-0.2, -0.15) is 0 Å². The van der Waals surface area contributed by atoms with Crippen LogP contribution in [0.1, 0.15) is 31.8 Å². The first kappa shape index (κ1) is 17.0. The molecule has 0 saturated carbocycles. The van der Waals surface area contributed by atoms with E-state index in [1.54, 1.807) is 25.1 Å². The summed E-state index contributed by atoms with van der Waals surface area (Å²) in [6.45, 7) is 2.44. The number of benzene rings is 2. The molecule has 4 N–H and O–H groups in total. The molecule has 2 aromatic rings. The number of carbonyl (C=O) groups is 2. The van der Waals surface area contributed by atoms with Crippen LogP contribution < -0.4 is 15.8 Å². The second kappa shape index (κ2) is 6.21. The molecule has 1 aliphatic heterocycles. The Labute approximate surface area is 145 Å². The molecule has 1 heterocycles. The Hall–Kier alpha value is -2.87. The first-order chi connectivity index (χ1) is 11.8. The summed E-state index contributed by atoms with van der Waals surface area (Å²) in [6.07, 6.45) is 0.870. The Balaban J connectivity index is 1.87. The van der Waals surface area contributed by atoms with E-state index in [1.807, 2.05) is 4.72 Å². The van der Waals surface area contributed by atoms with Crippen molar-refractivity contribution < 1.29 is 18.0 Å². The molecule has 0 saturated heterocycles. The first-order valence-corrected chi connectivity index (χ1v) is 9.10. The third-order valence-corrected chi connectivity index (χ3v) is 5.42. The molecule has 0 fully saturated rings. The van der Waals surface area contributed by atoms with Crippen molar-refractivity contribution in [2.24, 2.45) is 5.73 Å². The second-order valence-corrected chi connectivity index (χ2v) is 7.51. The van der Waals surface area contributed by atoms with Gasteiger partial charge in [-0.25, -0.2) is 13.1 Å². The Kier molecular flexibility index (Phi) is 4.22. The lowest BCUT2D eigenvalue weighted by molar-refractivity contribution is 0.0978. The number of anilines is 1. The number of nitrogens with two attached hydrogens (primary N) is 1. The molecular weight excluding hydrogens is 342 g/mol. The summed E-state index contributed by atoms with van der Waals surface area (Å²) >= 11 is 0. The van der Waals surface area contributed by atoms with Crippen molar-refractivity contribution in [3.63, 3.8) is 0 Å². The fourth-order valence-corrected chi connectivity index (χ4v) is 3.71. The summed E-state index contributed by atoms with van der Waals surface area (Å²) in [6, 6.07) is 8.96. The van der Waals surface area contributed by atoms with Gasteiger partial charge in [0.1, 0.15) is 0 Å². The van der Waals surface area contributed by atoms with Crippen LogP contribution in [0.25, 0.3) is 0 Å². The molecular formula is C17H17N3O4S. The van der Waals surface area contributed by atoms with Crippen LogP contribution in [-0.2, 0) is 16.4 Å². The quantitative estimate of drug-likeness (QED) is 0.757. The number of amides is 2. The monoisotopic (exact) mass is 359 g/mol. The molecule has 0 spiro atoms. The van der Waals surface area contributed by atoms with Crippen LogP contribution in [-0.4, -0.2) is 26.8 Å². The third-order valence-electron chi connectivity index (χ3n) is 4.09. The van der Waals surface area contributed by atoms with Crippen molar-refractivity contribution >= 4 is 27.5 Å². The van der Waals surface area contributed by atoms with E-state index in [9.17, 15) is 18.0 Å². The van der Waals surface area contributed by atoms with E-state index in [0.717, 1.165) is 30.3 Å². The summed E-state index contributed by atoms with van der Waals surface area (Å²) in [5, 5.41) is 3.14. The maximum absolute atomic E-state index is 12.4. The van der Waals surface area contributed by atoms with Crippen LogP contribution in [0.2, 0.25) is 0 Å². The molecule has 2 aromatic carbocycles. The van der Waals surface area contributed by atoms with Gasteiger partial charge in [-0.05, 0) is 48.7 Å². The maximum atomic E-state index is 12.4. The molecule has 3 rings (SSSR count). The van der Waals surface area contributed by atoms with Gasteiger partial charge < -0.3 is 11.1 Å². The molecule has 2 amide bonds. The van der Waals surface area contributed by atoms with Crippen molar-refractivity contribution in [3.8, 4) is 0 Å². The molecule has 8 heteroatoms. The predicted octanol–water partition coefficient (Wildman–Crippen LogP) is 1.18. The first-order valence-electron chi connectivity index (χ1n) is 7.62. The molecule has 0 atom stereocenters. The largest absolute Gasteiger partial charge is 0.384 e. The second-order valence-electron chi connectivity index (χ2n) is 5.82. The highest BCUT2D eigenvalue weighted by Gasteiger charge is 2.21. The number of nitrogens with one attached hydrogen (secondary N) is 2. The molecule has 25 heavy (non-hydrogen) atoms. The van der Waals surface area contributed by atoms with E-state index >= 15 is 0 Å². The fourth-order valence-electron chi connectivity index (χ4n) is 2.71. The third kappa shape index (κ3) is 3.34. The van der Waals surface area contributed by atoms with Crippen molar-refractivity contribution in [1.29, 1.82) is 0 Å². The molecule has 1 aliphatic rings. The van der Waals surface area contributed by atoms with E-state index in [-0.39, 0.29) is 16.0 Å². The smallest absolute Gasteiger partial charge is 0.265 e. The Morgan fingerprint density at radius 1 is 1.16 bits per heavy atom. The summed E-state index contributed by atoms with van der Waals surface area (Å²) in [5.41, 5.74) is 8.05. The minimum Gasteiger partial charge on any atom is -0.384 e. The van der Waals surface area contributed by atoms with Crippen molar-refractivity contribution in [2.75, 3.05) is 11.9 Å². The minimum absolute atomic E-state index is 0.0945. The Bertz CT molecular complexity index is 983. The van der Waals surface area contributed by atoms with Gasteiger partial charge in [-0.3, -0.25) is 9.59 Å². The molecule has 0 radical (unpaired) electrons. The van der Waals surface area contributed by atoms with E-state index in [1.165, 1.54) is 12.1 Å². The molecule has 0 aromatic heterocycles. The number of fused-ring (bicyclic) bond motifs is 1. The zero-order valence-electron chi connectivity index (χ0n) is 13.5. The van der Waals surface area contributed by atoms with Crippen LogP contribution in [0.15, 0.2) is 41.3 Å². The van der Waals surface area contributed by atoms with Gasteiger partial charge in [-0.1, -0.05) is 12.1 Å². The standard InChI is InChI=1S/C17H17N3O4S/c1-10-2-5-13(9-14(10)16(18)21)25(23,24)20-17(22)12-4-3-11-6-7-19-15(11)8-12/h2-5,8-9,19H,6-7H2,1H3,(H2,18,21)(H,20,22). The molecule has 7 nitrogen and oxygen atoms in total. The molecule has 0 aliphatic carbocycles. The fraction of sp³-hybridized carbons (Fsp3) is 0.176. The van der Waals surface area contributed by atoms with Crippen molar-refractivity contribution in [3.05, 3.63) is 58.7 Å². The van der Waals surface area contributed by atoms with Crippen LogP contribution in [0, 0.1) is 6.92 Å². The van der Waals surface area contributed by atoms with Crippen LogP contribution in [0.4, 0.5) is 5.69 Å². The van der Waals surface area contributed by atoms with Crippen LogP contribution in [0.5, 0.6) is 0 Å². The minimum atomic E-state index is -4.12. The van der Waals surface area contributed by atoms with Gasteiger partial charge in [-0.15, -0.1) is 0 Å². The van der Waals surface area contributed by atoms with Gasteiger partial charge in [0, 0.05) is 23.4 Å². The average Bonchev–Trinajstić information content (AvgIpc) is 3.01. The van der Waals surface area contributed by atoms with Gasteiger partial charge >= 0.3 is 0 Å².